The Morgan fingerprint density at radius 2 is 1.82 bits per heavy atom. The molecular weight excluding hydrogens is 278 g/mol. The maximum Gasteiger partial charge on any atom is 0.319 e. The summed E-state index contributed by atoms with van der Waals surface area (Å²) in [6.07, 6.45) is 7.87. The van der Waals surface area contributed by atoms with Crippen LogP contribution in [0.15, 0.2) is 60.9 Å². The Morgan fingerprint density at radius 1 is 1.14 bits per heavy atom. The molecule has 3 amide bonds. The van der Waals surface area contributed by atoms with Gasteiger partial charge in [-0.15, -0.1) is 0 Å². The minimum Gasteiger partial charge on any atom is -0.359 e. The monoisotopic (exact) mass is 303 g/mol. The van der Waals surface area contributed by atoms with Gasteiger partial charge >= 0.3 is 6.03 Å². The van der Waals surface area contributed by atoms with Crippen molar-refractivity contribution >= 4 is 11.9 Å². The lowest BCUT2D eigenvalue weighted by molar-refractivity contribution is -0.119. The first-order valence-corrected chi connectivity index (χ1v) is 7.04. The predicted octanol–water partition coefficient (Wildman–Crippen LogP) is 2.57. The molecule has 22 heavy (non-hydrogen) atoms. The molecule has 3 N–H and O–H groups in total. The third kappa shape index (κ3) is 9.36. The summed E-state index contributed by atoms with van der Waals surface area (Å²) in [6, 6.07) is -0.329. The third-order valence-corrected chi connectivity index (χ3v) is 2.61. The molecule has 0 saturated carbocycles. The van der Waals surface area contributed by atoms with Crippen molar-refractivity contribution in [1.29, 1.82) is 0 Å². The number of carbonyl (C=O) groups excluding carboxylic acids is 2. The molecule has 5 nitrogen and oxygen atoms in total. The molecule has 0 aromatic rings. The van der Waals surface area contributed by atoms with Gasteiger partial charge in [0.1, 0.15) is 0 Å². The van der Waals surface area contributed by atoms with Gasteiger partial charge in [-0.25, -0.2) is 4.79 Å². The van der Waals surface area contributed by atoms with Gasteiger partial charge < -0.3 is 16.0 Å². The molecule has 0 spiro atoms. The normalized spacial score (nSPS) is 10.9. The average Bonchev–Trinajstić information content (AvgIpc) is 2.50. The van der Waals surface area contributed by atoms with E-state index < -0.39 is 0 Å². The number of hydrogen-bond acceptors (Lipinski definition) is 2. The van der Waals surface area contributed by atoms with E-state index in [2.05, 4.69) is 35.7 Å². The van der Waals surface area contributed by atoms with Crippen LogP contribution in [0, 0.1) is 0 Å². The van der Waals surface area contributed by atoms with Crippen LogP contribution in [0.2, 0.25) is 0 Å². The van der Waals surface area contributed by atoms with Crippen molar-refractivity contribution in [1.82, 2.24) is 16.0 Å². The number of nitrogens with one attached hydrogen (secondary N) is 3. The molecule has 5 heteroatoms. The van der Waals surface area contributed by atoms with Gasteiger partial charge in [-0.05, 0) is 23.6 Å². The zero-order chi connectivity index (χ0) is 17.0. The molecule has 0 aliphatic heterocycles. The maximum atomic E-state index is 11.8. The molecule has 0 atom stereocenters. The first-order valence-electron chi connectivity index (χ1n) is 7.04. The van der Waals surface area contributed by atoms with Gasteiger partial charge in [0.2, 0.25) is 5.91 Å². The van der Waals surface area contributed by atoms with Crippen molar-refractivity contribution < 1.29 is 9.59 Å². The first kappa shape index (κ1) is 19.4. The van der Waals surface area contributed by atoms with Crippen molar-refractivity contribution in [2.45, 2.75) is 19.8 Å². The van der Waals surface area contributed by atoms with E-state index in [1.165, 1.54) is 0 Å². The highest BCUT2D eigenvalue weighted by Crippen LogP contribution is 2.03. The van der Waals surface area contributed by atoms with Crippen LogP contribution >= 0.6 is 0 Å². The molecule has 0 unspecified atom stereocenters. The Kier molecular flexibility index (Phi) is 9.84. The van der Waals surface area contributed by atoms with E-state index in [1.807, 2.05) is 13.0 Å². The second-order valence-corrected chi connectivity index (χ2v) is 4.58. The van der Waals surface area contributed by atoms with Crippen molar-refractivity contribution in [3.8, 4) is 0 Å². The van der Waals surface area contributed by atoms with Crippen LogP contribution in [0.25, 0.3) is 0 Å². The largest absolute Gasteiger partial charge is 0.359 e. The summed E-state index contributed by atoms with van der Waals surface area (Å²) in [5, 5.41) is 7.93. The molecule has 0 saturated heterocycles. The lowest BCUT2D eigenvalue weighted by Gasteiger charge is -2.08. The Bertz CT molecular complexity index is 502. The quantitative estimate of drug-likeness (QED) is 0.573. The van der Waals surface area contributed by atoms with E-state index in [0.717, 1.165) is 12.0 Å². The fourth-order valence-corrected chi connectivity index (χ4v) is 1.38. The first-order chi connectivity index (χ1) is 10.4. The second kappa shape index (κ2) is 11.1. The van der Waals surface area contributed by atoms with E-state index in [4.69, 9.17) is 0 Å². The third-order valence-electron chi connectivity index (χ3n) is 2.61. The lowest BCUT2D eigenvalue weighted by Crippen LogP contribution is -2.35. The van der Waals surface area contributed by atoms with Crippen LogP contribution in [0.1, 0.15) is 19.8 Å². The molecular formula is C17H25N3O2. The highest BCUT2D eigenvalue weighted by Gasteiger charge is 2.02. The molecule has 0 fully saturated rings. The smallest absolute Gasteiger partial charge is 0.319 e. The summed E-state index contributed by atoms with van der Waals surface area (Å²) in [5.41, 5.74) is 2.02. The van der Waals surface area contributed by atoms with E-state index in [-0.39, 0.29) is 18.4 Å². The summed E-state index contributed by atoms with van der Waals surface area (Å²) in [7, 11) is 1.57. The van der Waals surface area contributed by atoms with Crippen LogP contribution in [-0.4, -0.2) is 25.5 Å². The van der Waals surface area contributed by atoms with Crippen molar-refractivity contribution in [3.05, 3.63) is 60.9 Å². The van der Waals surface area contributed by atoms with Crippen molar-refractivity contribution in [2.75, 3.05) is 13.6 Å². The zero-order valence-electron chi connectivity index (χ0n) is 13.4. The Labute approximate surface area is 132 Å². The minimum atomic E-state index is -0.329. The summed E-state index contributed by atoms with van der Waals surface area (Å²) in [5.74, 6) is -0.107. The fraction of sp³-hybridized carbons (Fsp3) is 0.294. The molecule has 120 valence electrons. The number of carbonyl (C=O) groups is 2. The number of urea groups is 1. The Morgan fingerprint density at radius 3 is 2.36 bits per heavy atom. The number of allylic oxidation sites excluding steroid dienone is 3. The number of rotatable bonds is 9. The van der Waals surface area contributed by atoms with Gasteiger partial charge in [-0.2, -0.15) is 0 Å². The van der Waals surface area contributed by atoms with Crippen LogP contribution in [0.4, 0.5) is 4.79 Å². The number of amides is 3. The highest BCUT2D eigenvalue weighted by molar-refractivity contribution is 5.79. The molecule has 0 aromatic carbocycles. The van der Waals surface area contributed by atoms with Crippen LogP contribution < -0.4 is 16.0 Å². The molecule has 0 rings (SSSR count). The van der Waals surface area contributed by atoms with Crippen LogP contribution in [0.3, 0.4) is 0 Å². The SMILES string of the molecule is C=CC(=C)CNC(=O)NC(/C=C\C(=C)CC(=O)NC)=C/CC. The van der Waals surface area contributed by atoms with E-state index in [1.54, 1.807) is 25.3 Å². The molecule has 0 aliphatic rings. The minimum absolute atomic E-state index is 0.107. The van der Waals surface area contributed by atoms with Crippen LogP contribution in [-0.2, 0) is 4.79 Å². The highest BCUT2D eigenvalue weighted by atomic mass is 16.2. The van der Waals surface area contributed by atoms with Gasteiger partial charge in [0.25, 0.3) is 0 Å². The van der Waals surface area contributed by atoms with Gasteiger partial charge in [-0.1, -0.05) is 44.9 Å². The van der Waals surface area contributed by atoms with Crippen molar-refractivity contribution in [2.24, 2.45) is 0 Å². The van der Waals surface area contributed by atoms with Gasteiger partial charge in [0.05, 0.1) is 6.42 Å². The van der Waals surface area contributed by atoms with Crippen molar-refractivity contribution in [3.63, 3.8) is 0 Å². The summed E-state index contributed by atoms with van der Waals surface area (Å²) < 4.78 is 0. The second-order valence-electron chi connectivity index (χ2n) is 4.58. The summed E-state index contributed by atoms with van der Waals surface area (Å²) in [4.78, 5) is 23.0. The number of hydrogen-bond donors (Lipinski definition) is 3. The average molecular weight is 303 g/mol. The van der Waals surface area contributed by atoms with Crippen LogP contribution in [0.5, 0.6) is 0 Å². The molecule has 0 heterocycles. The maximum absolute atomic E-state index is 11.8. The lowest BCUT2D eigenvalue weighted by atomic mass is 10.1. The Balaban J connectivity index is 4.54. The van der Waals surface area contributed by atoms with Gasteiger partial charge in [0, 0.05) is 19.3 Å². The summed E-state index contributed by atoms with van der Waals surface area (Å²) in [6.45, 7) is 13.4. The molecule has 0 aliphatic carbocycles. The summed E-state index contributed by atoms with van der Waals surface area (Å²) >= 11 is 0. The van der Waals surface area contributed by atoms with Gasteiger partial charge in [0.15, 0.2) is 0 Å². The standard InChI is InChI=1S/C17H25N3O2/c1-6-8-15(10-9-14(4)11-16(21)18-5)20-17(22)19-12-13(3)7-2/h7-10H,2-4,6,11-12H2,1,5H3,(H,18,21)(H2,19,20,22)/b10-9-,15-8+. The molecule has 0 aromatic heterocycles. The van der Waals surface area contributed by atoms with E-state index >= 15 is 0 Å². The fourth-order valence-electron chi connectivity index (χ4n) is 1.38. The molecule has 0 radical (unpaired) electrons. The van der Waals surface area contributed by atoms with Gasteiger partial charge in [-0.3, -0.25) is 4.79 Å². The topological polar surface area (TPSA) is 70.2 Å². The predicted molar refractivity (Wildman–Crippen MR) is 91.2 cm³/mol. The molecule has 0 bridgehead atoms. The zero-order valence-corrected chi connectivity index (χ0v) is 13.4. The van der Waals surface area contributed by atoms with E-state index in [0.29, 0.717) is 17.8 Å². The van der Waals surface area contributed by atoms with E-state index in [9.17, 15) is 9.59 Å². The Hall–Kier alpha value is -2.56.